The fourth-order valence-electron chi connectivity index (χ4n) is 3.38. The Labute approximate surface area is 159 Å². The third-order valence-electron chi connectivity index (χ3n) is 4.95. The normalized spacial score (nSPS) is 16.8. The second-order valence-corrected chi connectivity index (χ2v) is 6.67. The molecule has 1 saturated heterocycles. The second-order valence-electron chi connectivity index (χ2n) is 6.67. The van der Waals surface area contributed by atoms with Crippen molar-refractivity contribution in [2.24, 2.45) is 5.92 Å². The summed E-state index contributed by atoms with van der Waals surface area (Å²) in [6, 6.07) is 5.43. The third-order valence-corrected chi connectivity index (χ3v) is 4.95. The van der Waals surface area contributed by atoms with Gasteiger partial charge in [0.15, 0.2) is 0 Å². The van der Waals surface area contributed by atoms with Gasteiger partial charge in [0.2, 0.25) is 5.91 Å². The molecule has 2 amide bonds. The van der Waals surface area contributed by atoms with Gasteiger partial charge in [-0.3, -0.25) is 9.59 Å². The highest BCUT2D eigenvalue weighted by molar-refractivity contribution is 5.96. The monoisotopic (exact) mass is 370 g/mol. The van der Waals surface area contributed by atoms with Gasteiger partial charge in [0, 0.05) is 26.2 Å². The van der Waals surface area contributed by atoms with E-state index in [1.54, 1.807) is 17.2 Å². The van der Waals surface area contributed by atoms with Crippen molar-refractivity contribution in [2.75, 3.05) is 36.4 Å². The van der Waals surface area contributed by atoms with Crippen LogP contribution in [0.5, 0.6) is 0 Å². The Bertz CT molecular complexity index is 754. The van der Waals surface area contributed by atoms with E-state index in [0.717, 1.165) is 31.7 Å². The van der Waals surface area contributed by atoms with Crippen LogP contribution in [0.3, 0.4) is 0 Å². The maximum absolute atomic E-state index is 12.6. The summed E-state index contributed by atoms with van der Waals surface area (Å²) in [5.41, 5.74) is 1.20. The number of pyridine rings is 1. The Hall–Kier alpha value is -2.83. The van der Waals surface area contributed by atoms with Gasteiger partial charge in [0.1, 0.15) is 12.1 Å². The number of nitrogens with one attached hydrogen (secondary N) is 1. The van der Waals surface area contributed by atoms with Gasteiger partial charge >= 0.3 is 0 Å². The van der Waals surface area contributed by atoms with Crippen molar-refractivity contribution in [2.45, 2.75) is 26.7 Å². The van der Waals surface area contributed by atoms with Gasteiger partial charge in [0.05, 0.1) is 29.6 Å². The Balaban J connectivity index is 1.59. The minimum Gasteiger partial charge on any atom is -0.472 e. The van der Waals surface area contributed by atoms with Gasteiger partial charge in [0.25, 0.3) is 5.91 Å². The van der Waals surface area contributed by atoms with Gasteiger partial charge in [-0.2, -0.15) is 0 Å². The molecule has 144 valence electrons. The van der Waals surface area contributed by atoms with E-state index in [0.29, 0.717) is 24.3 Å². The Kier molecular flexibility index (Phi) is 6.11. The average molecular weight is 370 g/mol. The molecule has 0 radical (unpaired) electrons. The molecule has 1 aliphatic heterocycles. The number of hydrogen-bond acceptors (Lipinski definition) is 5. The molecule has 1 N–H and O–H groups in total. The summed E-state index contributed by atoms with van der Waals surface area (Å²) in [4.78, 5) is 33.4. The van der Waals surface area contributed by atoms with Gasteiger partial charge in [-0.1, -0.05) is 0 Å². The number of furan rings is 1. The van der Waals surface area contributed by atoms with E-state index in [1.165, 1.54) is 12.5 Å². The van der Waals surface area contributed by atoms with Gasteiger partial charge < -0.3 is 19.5 Å². The van der Waals surface area contributed by atoms with Crippen LogP contribution in [0.25, 0.3) is 0 Å². The summed E-state index contributed by atoms with van der Waals surface area (Å²) in [5.74, 6) is 0.508. The molecule has 27 heavy (non-hydrogen) atoms. The predicted molar refractivity (Wildman–Crippen MR) is 104 cm³/mol. The van der Waals surface area contributed by atoms with E-state index in [2.05, 4.69) is 29.0 Å². The molecule has 0 aromatic carbocycles. The number of carbonyl (C=O) groups excluding carboxylic acids is 2. The number of amides is 2. The first-order chi connectivity index (χ1) is 13.1. The lowest BCUT2D eigenvalue weighted by molar-refractivity contribution is -0.121. The first kappa shape index (κ1) is 18.9. The molecule has 0 unspecified atom stereocenters. The SMILES string of the molecule is CCN(CC)c1ccc(NC(=O)[C@@H]2CCCN(C(=O)c3ccoc3)C2)cn1. The Morgan fingerprint density at radius 2 is 2.11 bits per heavy atom. The van der Waals surface area contributed by atoms with E-state index in [1.807, 2.05) is 12.1 Å². The molecule has 0 saturated carbocycles. The maximum Gasteiger partial charge on any atom is 0.257 e. The van der Waals surface area contributed by atoms with E-state index in [-0.39, 0.29) is 17.7 Å². The molecule has 0 spiro atoms. The summed E-state index contributed by atoms with van der Waals surface area (Å²) in [5, 5.41) is 2.93. The van der Waals surface area contributed by atoms with Crippen molar-refractivity contribution < 1.29 is 14.0 Å². The topological polar surface area (TPSA) is 78.7 Å². The zero-order valence-electron chi connectivity index (χ0n) is 15.9. The van der Waals surface area contributed by atoms with Crippen LogP contribution in [0.2, 0.25) is 0 Å². The van der Waals surface area contributed by atoms with E-state index < -0.39 is 0 Å². The lowest BCUT2D eigenvalue weighted by atomic mass is 9.96. The summed E-state index contributed by atoms with van der Waals surface area (Å²) in [7, 11) is 0. The molecule has 7 nitrogen and oxygen atoms in total. The number of rotatable bonds is 6. The van der Waals surface area contributed by atoms with Crippen LogP contribution in [-0.4, -0.2) is 47.9 Å². The zero-order valence-corrected chi connectivity index (χ0v) is 15.9. The maximum atomic E-state index is 12.6. The summed E-state index contributed by atoms with van der Waals surface area (Å²) in [6.07, 6.45) is 6.18. The number of piperidine rings is 1. The standard InChI is InChI=1S/C20H26N4O3/c1-3-23(4-2)18-8-7-17(12-21-18)22-19(25)15-6-5-10-24(13-15)20(26)16-9-11-27-14-16/h7-9,11-12,14-15H,3-6,10,13H2,1-2H3,(H,22,25)/t15-/m1/s1. The average Bonchev–Trinajstić information content (AvgIpc) is 3.24. The number of aromatic nitrogens is 1. The highest BCUT2D eigenvalue weighted by Crippen LogP contribution is 2.21. The summed E-state index contributed by atoms with van der Waals surface area (Å²) in [6.45, 7) is 7.02. The van der Waals surface area contributed by atoms with E-state index in [9.17, 15) is 9.59 Å². The molecule has 0 bridgehead atoms. The smallest absolute Gasteiger partial charge is 0.257 e. The first-order valence-electron chi connectivity index (χ1n) is 9.45. The van der Waals surface area contributed by atoms with Crippen LogP contribution in [0, 0.1) is 5.92 Å². The lowest BCUT2D eigenvalue weighted by Gasteiger charge is -2.31. The highest BCUT2D eigenvalue weighted by atomic mass is 16.3. The zero-order chi connectivity index (χ0) is 19.2. The number of hydrogen-bond donors (Lipinski definition) is 1. The van der Waals surface area contributed by atoms with Crippen LogP contribution >= 0.6 is 0 Å². The van der Waals surface area contributed by atoms with Crippen LogP contribution in [0.4, 0.5) is 11.5 Å². The fraction of sp³-hybridized carbons (Fsp3) is 0.450. The van der Waals surface area contributed by atoms with Crippen molar-refractivity contribution in [1.82, 2.24) is 9.88 Å². The molecule has 1 atom stereocenters. The predicted octanol–water partition coefficient (Wildman–Crippen LogP) is 3.01. The van der Waals surface area contributed by atoms with Gasteiger partial charge in [-0.15, -0.1) is 0 Å². The molecule has 7 heteroatoms. The number of nitrogens with zero attached hydrogens (tertiary/aromatic N) is 3. The Morgan fingerprint density at radius 1 is 1.30 bits per heavy atom. The van der Waals surface area contributed by atoms with Gasteiger partial charge in [-0.05, 0) is 44.9 Å². The largest absolute Gasteiger partial charge is 0.472 e. The first-order valence-corrected chi connectivity index (χ1v) is 9.45. The number of carbonyl (C=O) groups is 2. The molecular formula is C20H26N4O3. The van der Waals surface area contributed by atoms with Crippen LogP contribution < -0.4 is 10.2 Å². The quantitative estimate of drug-likeness (QED) is 0.846. The van der Waals surface area contributed by atoms with E-state index in [4.69, 9.17) is 4.42 Å². The molecule has 3 heterocycles. The molecule has 2 aromatic rings. The van der Waals surface area contributed by atoms with Crippen molar-refractivity contribution in [3.63, 3.8) is 0 Å². The molecule has 3 rings (SSSR count). The second kappa shape index (κ2) is 8.70. The number of anilines is 2. The molecule has 0 aliphatic carbocycles. The molecular weight excluding hydrogens is 344 g/mol. The molecule has 1 aliphatic rings. The molecule has 2 aromatic heterocycles. The van der Waals surface area contributed by atoms with Crippen molar-refractivity contribution in [3.05, 3.63) is 42.5 Å². The number of likely N-dealkylation sites (tertiary alicyclic amines) is 1. The van der Waals surface area contributed by atoms with Crippen LogP contribution in [0.15, 0.2) is 41.3 Å². The minimum absolute atomic E-state index is 0.0721. The summed E-state index contributed by atoms with van der Waals surface area (Å²) >= 11 is 0. The van der Waals surface area contributed by atoms with Crippen molar-refractivity contribution >= 4 is 23.3 Å². The van der Waals surface area contributed by atoms with E-state index >= 15 is 0 Å². The third kappa shape index (κ3) is 4.48. The fourth-order valence-corrected chi connectivity index (χ4v) is 3.38. The van der Waals surface area contributed by atoms with Gasteiger partial charge in [-0.25, -0.2) is 4.98 Å². The van der Waals surface area contributed by atoms with Crippen molar-refractivity contribution in [1.29, 1.82) is 0 Å². The van der Waals surface area contributed by atoms with Crippen molar-refractivity contribution in [3.8, 4) is 0 Å². The molecule has 1 fully saturated rings. The summed E-state index contributed by atoms with van der Waals surface area (Å²) < 4.78 is 4.99. The van der Waals surface area contributed by atoms with Crippen LogP contribution in [-0.2, 0) is 4.79 Å². The van der Waals surface area contributed by atoms with Crippen LogP contribution in [0.1, 0.15) is 37.0 Å². The highest BCUT2D eigenvalue weighted by Gasteiger charge is 2.29. The minimum atomic E-state index is -0.225. The Morgan fingerprint density at radius 3 is 2.74 bits per heavy atom. The lowest BCUT2D eigenvalue weighted by Crippen LogP contribution is -2.43.